The van der Waals surface area contributed by atoms with Crippen molar-refractivity contribution in [1.82, 2.24) is 0 Å². The van der Waals surface area contributed by atoms with Crippen LogP contribution in [0.5, 0.6) is 0 Å². The average molecular weight is 319 g/mol. The fourth-order valence-electron chi connectivity index (χ4n) is 2.83. The maximum absolute atomic E-state index is 13.7. The Morgan fingerprint density at radius 3 is 2.86 bits per heavy atom. The molecule has 0 bridgehead atoms. The Morgan fingerprint density at radius 2 is 2.09 bits per heavy atom. The molecule has 1 heterocycles. The molecule has 0 aliphatic heterocycles. The quantitative estimate of drug-likeness (QED) is 0.860. The van der Waals surface area contributed by atoms with Gasteiger partial charge in [0.2, 0.25) is 0 Å². The van der Waals surface area contributed by atoms with Crippen molar-refractivity contribution in [2.45, 2.75) is 32.2 Å². The van der Waals surface area contributed by atoms with E-state index in [4.69, 9.17) is 4.74 Å². The van der Waals surface area contributed by atoms with Crippen molar-refractivity contribution in [3.63, 3.8) is 0 Å². The number of anilines is 1. The minimum atomic E-state index is -0.310. The van der Waals surface area contributed by atoms with E-state index in [2.05, 4.69) is 5.32 Å². The molecular formula is C17H18FNO2S. The van der Waals surface area contributed by atoms with Crippen LogP contribution in [-0.4, -0.2) is 13.1 Å². The number of carbonyl (C=O) groups excluding carboxylic acids is 1. The second kappa shape index (κ2) is 6.48. The summed E-state index contributed by atoms with van der Waals surface area (Å²) in [4.78, 5) is 13.4. The highest BCUT2D eigenvalue weighted by Gasteiger charge is 2.25. The van der Waals surface area contributed by atoms with E-state index in [1.54, 1.807) is 29.5 Å². The zero-order valence-electron chi connectivity index (χ0n) is 12.4. The number of benzene rings is 1. The van der Waals surface area contributed by atoms with Crippen LogP contribution in [0.2, 0.25) is 0 Å². The molecule has 22 heavy (non-hydrogen) atoms. The maximum Gasteiger partial charge on any atom is 0.341 e. The average Bonchev–Trinajstić information content (AvgIpc) is 2.91. The van der Waals surface area contributed by atoms with E-state index in [1.165, 1.54) is 18.1 Å². The van der Waals surface area contributed by atoms with Crippen LogP contribution in [-0.2, 0) is 24.1 Å². The van der Waals surface area contributed by atoms with Gasteiger partial charge in [0.25, 0.3) is 0 Å². The molecule has 3 rings (SSSR count). The maximum atomic E-state index is 13.7. The second-order valence-corrected chi connectivity index (χ2v) is 6.46. The van der Waals surface area contributed by atoms with Gasteiger partial charge in [0.15, 0.2) is 0 Å². The summed E-state index contributed by atoms with van der Waals surface area (Å²) in [6, 6.07) is 6.66. The number of halogens is 1. The Morgan fingerprint density at radius 1 is 1.32 bits per heavy atom. The molecule has 0 unspecified atom stereocenters. The lowest BCUT2D eigenvalue weighted by atomic mass is 9.95. The lowest BCUT2D eigenvalue weighted by Crippen LogP contribution is -2.10. The van der Waals surface area contributed by atoms with Gasteiger partial charge < -0.3 is 10.1 Å². The van der Waals surface area contributed by atoms with Gasteiger partial charge in [-0.1, -0.05) is 18.2 Å². The summed E-state index contributed by atoms with van der Waals surface area (Å²) in [7, 11) is 1.40. The molecule has 0 fully saturated rings. The van der Waals surface area contributed by atoms with Gasteiger partial charge in [-0.15, -0.1) is 11.3 Å². The first kappa shape index (κ1) is 15.0. The summed E-state index contributed by atoms with van der Waals surface area (Å²) in [5.41, 5.74) is 2.34. The molecule has 0 spiro atoms. The van der Waals surface area contributed by atoms with Crippen LogP contribution in [0.4, 0.5) is 9.39 Å². The minimum absolute atomic E-state index is 0.240. The summed E-state index contributed by atoms with van der Waals surface area (Å²) < 4.78 is 18.6. The molecule has 0 radical (unpaired) electrons. The summed E-state index contributed by atoms with van der Waals surface area (Å²) in [6.45, 7) is 0.357. The first-order valence-corrected chi connectivity index (χ1v) is 8.22. The van der Waals surface area contributed by atoms with E-state index in [9.17, 15) is 9.18 Å². The number of carbonyl (C=O) groups is 1. The first-order chi connectivity index (χ1) is 10.7. The Labute approximate surface area is 133 Å². The molecular weight excluding hydrogens is 301 g/mol. The standard InChI is InChI=1S/C17H18FNO2S/c1-21-17(20)15-12-7-3-5-9-14(12)22-16(15)19-10-11-6-2-4-8-13(11)18/h2,4,6,8,19H,3,5,7,9-10H2,1H3. The highest BCUT2D eigenvalue weighted by molar-refractivity contribution is 7.16. The number of methoxy groups -OCH3 is 1. The van der Waals surface area contributed by atoms with Crippen molar-refractivity contribution in [2.24, 2.45) is 0 Å². The molecule has 2 aromatic rings. The number of hydrogen-bond acceptors (Lipinski definition) is 4. The predicted molar refractivity (Wildman–Crippen MR) is 86.0 cm³/mol. The molecule has 5 heteroatoms. The van der Waals surface area contributed by atoms with E-state index < -0.39 is 0 Å². The second-order valence-electron chi connectivity index (χ2n) is 5.35. The number of thiophene rings is 1. The van der Waals surface area contributed by atoms with Gasteiger partial charge in [0.1, 0.15) is 10.8 Å². The van der Waals surface area contributed by atoms with Gasteiger partial charge in [-0.3, -0.25) is 0 Å². The number of rotatable bonds is 4. The predicted octanol–water partition coefficient (Wildman–Crippen LogP) is 4.16. The summed E-state index contributed by atoms with van der Waals surface area (Å²) >= 11 is 1.60. The molecule has 0 saturated heterocycles. The molecule has 1 N–H and O–H groups in total. The monoisotopic (exact) mass is 319 g/mol. The number of ether oxygens (including phenoxy) is 1. The van der Waals surface area contributed by atoms with Crippen LogP contribution < -0.4 is 5.32 Å². The van der Waals surface area contributed by atoms with Crippen LogP contribution in [0, 0.1) is 5.82 Å². The van der Waals surface area contributed by atoms with Gasteiger partial charge in [0, 0.05) is 17.0 Å². The Bertz CT molecular complexity index is 696. The lowest BCUT2D eigenvalue weighted by molar-refractivity contribution is 0.0601. The van der Waals surface area contributed by atoms with Crippen molar-refractivity contribution >= 4 is 22.3 Å². The summed E-state index contributed by atoms with van der Waals surface area (Å²) in [6.07, 6.45) is 4.17. The smallest absolute Gasteiger partial charge is 0.341 e. The molecule has 0 amide bonds. The number of nitrogens with one attached hydrogen (secondary N) is 1. The third-order valence-electron chi connectivity index (χ3n) is 3.96. The van der Waals surface area contributed by atoms with Gasteiger partial charge in [-0.25, -0.2) is 9.18 Å². The zero-order chi connectivity index (χ0) is 15.5. The van der Waals surface area contributed by atoms with Crippen LogP contribution in [0.1, 0.15) is 39.2 Å². The van der Waals surface area contributed by atoms with Gasteiger partial charge >= 0.3 is 5.97 Å². The van der Waals surface area contributed by atoms with E-state index in [0.29, 0.717) is 17.7 Å². The number of hydrogen-bond donors (Lipinski definition) is 1. The third kappa shape index (κ3) is 2.86. The van der Waals surface area contributed by atoms with Gasteiger partial charge in [-0.2, -0.15) is 0 Å². The number of esters is 1. The van der Waals surface area contributed by atoms with Gasteiger partial charge in [-0.05, 0) is 37.3 Å². The molecule has 0 atom stereocenters. The van der Waals surface area contributed by atoms with E-state index in [-0.39, 0.29) is 11.8 Å². The molecule has 3 nitrogen and oxygen atoms in total. The van der Waals surface area contributed by atoms with Gasteiger partial charge in [0.05, 0.1) is 12.7 Å². The van der Waals surface area contributed by atoms with Crippen molar-refractivity contribution in [3.8, 4) is 0 Å². The van der Waals surface area contributed by atoms with Crippen LogP contribution in [0.15, 0.2) is 24.3 Å². The normalized spacial score (nSPS) is 13.5. The van der Waals surface area contributed by atoms with Crippen molar-refractivity contribution < 1.29 is 13.9 Å². The molecule has 1 aromatic heterocycles. The fraction of sp³-hybridized carbons (Fsp3) is 0.353. The molecule has 116 valence electrons. The summed E-state index contributed by atoms with van der Waals surface area (Å²) in [5.74, 6) is -0.550. The van der Waals surface area contributed by atoms with Crippen LogP contribution in [0.25, 0.3) is 0 Å². The highest BCUT2D eigenvalue weighted by Crippen LogP contribution is 2.38. The Kier molecular flexibility index (Phi) is 4.43. The minimum Gasteiger partial charge on any atom is -0.465 e. The van der Waals surface area contributed by atoms with E-state index in [0.717, 1.165) is 36.2 Å². The molecule has 1 aromatic carbocycles. The Hall–Kier alpha value is -1.88. The summed E-state index contributed by atoms with van der Waals surface area (Å²) in [5, 5.41) is 4.01. The third-order valence-corrected chi connectivity index (χ3v) is 5.21. The van der Waals surface area contributed by atoms with Crippen LogP contribution >= 0.6 is 11.3 Å². The lowest BCUT2D eigenvalue weighted by Gasteiger charge is -2.12. The van der Waals surface area contributed by atoms with Crippen molar-refractivity contribution in [3.05, 3.63) is 51.7 Å². The zero-order valence-corrected chi connectivity index (χ0v) is 13.3. The molecule has 1 aliphatic carbocycles. The highest BCUT2D eigenvalue weighted by atomic mass is 32.1. The van der Waals surface area contributed by atoms with Crippen molar-refractivity contribution in [1.29, 1.82) is 0 Å². The first-order valence-electron chi connectivity index (χ1n) is 7.41. The van der Waals surface area contributed by atoms with E-state index in [1.807, 2.05) is 0 Å². The largest absolute Gasteiger partial charge is 0.465 e. The fourth-order valence-corrected chi connectivity index (χ4v) is 4.10. The van der Waals surface area contributed by atoms with Crippen molar-refractivity contribution in [2.75, 3.05) is 12.4 Å². The number of aryl methyl sites for hydroxylation is 1. The topological polar surface area (TPSA) is 38.3 Å². The van der Waals surface area contributed by atoms with Crippen LogP contribution in [0.3, 0.4) is 0 Å². The Balaban J connectivity index is 1.88. The SMILES string of the molecule is COC(=O)c1c(NCc2ccccc2F)sc2c1CCCC2. The van der Waals surface area contributed by atoms with E-state index >= 15 is 0 Å². The molecule has 1 aliphatic rings. The number of fused-ring (bicyclic) bond motifs is 1. The molecule has 0 saturated carbocycles.